The summed E-state index contributed by atoms with van der Waals surface area (Å²) in [6.07, 6.45) is 9.92. The van der Waals surface area contributed by atoms with Gasteiger partial charge in [0.05, 0.1) is 11.0 Å². The lowest BCUT2D eigenvalue weighted by atomic mass is 9.93. The number of fused-ring (bicyclic) bond motifs is 6. The molecule has 0 saturated carbocycles. The molecule has 3 heterocycles. The van der Waals surface area contributed by atoms with Crippen LogP contribution in [0.4, 0.5) is 0 Å². The molecule has 9 aromatic carbocycles. The standard InChI is InChI=1S/C63H44N4OSi/c1-4-19-43(20-5-1)45-23-16-28-50(39-45)69(49-26-8-3-9-27-49,51-29-17-24-46(40-51)44-21-6-2-7-22-44)52-30-18-25-47(41-52)61-64-62(48-37-38-60-56(42-48)55-33-12-15-36-59(55)68-60)66-63(65-61)67-57-34-13-10-31-53(57)54-32-11-14-35-58(54)67/h1-21,23-42,44H,22H2. The van der Waals surface area contributed by atoms with E-state index in [2.05, 4.69) is 235 Å². The molecule has 0 spiro atoms. The van der Waals surface area contributed by atoms with Crippen molar-refractivity contribution >= 4 is 72.6 Å². The summed E-state index contributed by atoms with van der Waals surface area (Å²) in [5.41, 5.74) is 9.22. The summed E-state index contributed by atoms with van der Waals surface area (Å²) in [7, 11) is -3.12. The second-order valence-electron chi connectivity index (χ2n) is 17.9. The molecule has 1 aliphatic rings. The fourth-order valence-electron chi connectivity index (χ4n) is 10.7. The number of nitrogens with zero attached hydrogens (tertiary/aromatic N) is 4. The first kappa shape index (κ1) is 40.6. The van der Waals surface area contributed by atoms with Gasteiger partial charge in [-0.05, 0) is 80.3 Å². The van der Waals surface area contributed by atoms with Gasteiger partial charge in [0.2, 0.25) is 5.95 Å². The first-order valence-corrected chi connectivity index (χ1v) is 25.6. The fraction of sp³-hybridized carbons (Fsp3) is 0.0317. The van der Waals surface area contributed by atoms with Gasteiger partial charge < -0.3 is 4.42 Å². The highest BCUT2D eigenvalue weighted by molar-refractivity contribution is 7.20. The molecule has 12 aromatic rings. The van der Waals surface area contributed by atoms with Gasteiger partial charge in [0.1, 0.15) is 11.2 Å². The Morgan fingerprint density at radius 3 is 1.67 bits per heavy atom. The van der Waals surface area contributed by atoms with Gasteiger partial charge >= 0.3 is 0 Å². The minimum atomic E-state index is -3.12. The Bertz CT molecular complexity index is 3910. The molecule has 0 aliphatic heterocycles. The number of benzene rings is 9. The van der Waals surface area contributed by atoms with E-state index < -0.39 is 8.07 Å². The molecular formula is C63H44N4OSi. The number of aromatic nitrogens is 4. The van der Waals surface area contributed by atoms with Crippen molar-refractivity contribution in [2.24, 2.45) is 0 Å². The van der Waals surface area contributed by atoms with E-state index in [0.29, 0.717) is 23.5 Å². The molecule has 326 valence electrons. The summed E-state index contributed by atoms with van der Waals surface area (Å²) in [5, 5.41) is 9.50. The molecule has 0 radical (unpaired) electrons. The lowest BCUT2D eigenvalue weighted by Gasteiger charge is -2.35. The van der Waals surface area contributed by atoms with Crippen molar-refractivity contribution in [2.45, 2.75) is 12.3 Å². The highest BCUT2D eigenvalue weighted by Gasteiger charge is 2.42. The van der Waals surface area contributed by atoms with Gasteiger partial charge in [0.15, 0.2) is 19.7 Å². The van der Waals surface area contributed by atoms with E-state index in [4.69, 9.17) is 19.4 Å². The first-order valence-electron chi connectivity index (χ1n) is 23.6. The average Bonchev–Trinajstić information content (AvgIpc) is 3.98. The Hall–Kier alpha value is -8.71. The van der Waals surface area contributed by atoms with Gasteiger partial charge in [-0.2, -0.15) is 9.97 Å². The molecule has 5 nitrogen and oxygen atoms in total. The van der Waals surface area contributed by atoms with Crippen molar-refractivity contribution < 1.29 is 4.42 Å². The number of hydrogen-bond donors (Lipinski definition) is 0. The van der Waals surface area contributed by atoms with Crippen molar-refractivity contribution in [3.8, 4) is 39.9 Å². The third-order valence-electron chi connectivity index (χ3n) is 13.9. The van der Waals surface area contributed by atoms with E-state index in [-0.39, 0.29) is 0 Å². The van der Waals surface area contributed by atoms with Gasteiger partial charge in [-0.3, -0.25) is 4.57 Å². The summed E-state index contributed by atoms with van der Waals surface area (Å²) < 4.78 is 8.47. The lowest BCUT2D eigenvalue weighted by Crippen LogP contribution is -2.74. The quantitative estimate of drug-likeness (QED) is 0.107. The molecule has 2 unspecified atom stereocenters. The van der Waals surface area contributed by atoms with Gasteiger partial charge in [0.25, 0.3) is 0 Å². The average molecular weight is 901 g/mol. The van der Waals surface area contributed by atoms with Crippen LogP contribution in [0, 0.1) is 0 Å². The summed E-state index contributed by atoms with van der Waals surface area (Å²) >= 11 is 0. The fourth-order valence-corrected chi connectivity index (χ4v) is 15.6. The highest BCUT2D eigenvalue weighted by Crippen LogP contribution is 2.35. The van der Waals surface area contributed by atoms with Crippen LogP contribution in [0.5, 0.6) is 0 Å². The maximum atomic E-state index is 6.28. The molecule has 0 amide bonds. The predicted molar refractivity (Wildman–Crippen MR) is 287 cm³/mol. The topological polar surface area (TPSA) is 56.7 Å². The Labute approximate surface area is 401 Å². The number of allylic oxidation sites excluding steroid dienone is 4. The summed E-state index contributed by atoms with van der Waals surface area (Å²) in [6, 6.07) is 81.1. The molecule has 0 fully saturated rings. The second kappa shape index (κ2) is 16.9. The Balaban J connectivity index is 1.07. The molecule has 3 aromatic heterocycles. The summed E-state index contributed by atoms with van der Waals surface area (Å²) in [5.74, 6) is 2.03. The molecular weight excluding hydrogens is 857 g/mol. The van der Waals surface area contributed by atoms with Crippen LogP contribution in [0.3, 0.4) is 0 Å². The Morgan fingerprint density at radius 2 is 0.957 bits per heavy atom. The zero-order valence-corrected chi connectivity index (χ0v) is 38.7. The monoisotopic (exact) mass is 900 g/mol. The largest absolute Gasteiger partial charge is 0.456 e. The Kier molecular flexibility index (Phi) is 9.91. The SMILES string of the molecule is C1=CCC(c2cccc([Si](c3ccccc3)(c3cccc(-c4ccccc4)c3)c3cccc(-c4nc(-c5ccc6oc7ccccc7c6c5)nc(-n5c6ccccc6c6ccccc65)n4)c3)c2)C=C1. The number of hydrogen-bond acceptors (Lipinski definition) is 4. The van der Waals surface area contributed by atoms with E-state index in [1.807, 2.05) is 18.2 Å². The maximum absolute atomic E-state index is 6.28. The van der Waals surface area contributed by atoms with E-state index in [0.717, 1.165) is 61.3 Å². The minimum absolute atomic E-state index is 0.293. The normalized spacial score (nSPS) is 14.5. The maximum Gasteiger partial charge on any atom is 0.238 e. The van der Waals surface area contributed by atoms with Gasteiger partial charge in [-0.1, -0.05) is 212 Å². The van der Waals surface area contributed by atoms with Crippen LogP contribution >= 0.6 is 0 Å². The van der Waals surface area contributed by atoms with Crippen LogP contribution in [0.1, 0.15) is 17.9 Å². The van der Waals surface area contributed by atoms with Crippen molar-refractivity contribution in [3.05, 3.63) is 254 Å². The van der Waals surface area contributed by atoms with Crippen LogP contribution in [0.15, 0.2) is 253 Å². The van der Waals surface area contributed by atoms with Gasteiger partial charge in [-0.25, -0.2) is 4.98 Å². The predicted octanol–water partition coefficient (Wildman–Crippen LogP) is 12.8. The van der Waals surface area contributed by atoms with Crippen molar-refractivity contribution in [1.29, 1.82) is 0 Å². The van der Waals surface area contributed by atoms with Crippen molar-refractivity contribution in [2.75, 3.05) is 0 Å². The molecule has 13 rings (SSSR count). The lowest BCUT2D eigenvalue weighted by molar-refractivity contribution is 0.669. The zero-order valence-electron chi connectivity index (χ0n) is 37.7. The smallest absolute Gasteiger partial charge is 0.238 e. The third kappa shape index (κ3) is 6.95. The second-order valence-corrected chi connectivity index (χ2v) is 21.7. The van der Waals surface area contributed by atoms with Crippen molar-refractivity contribution in [3.63, 3.8) is 0 Å². The van der Waals surface area contributed by atoms with Crippen LogP contribution in [-0.4, -0.2) is 27.6 Å². The molecule has 2 atom stereocenters. The van der Waals surface area contributed by atoms with E-state index in [1.54, 1.807) is 0 Å². The summed E-state index contributed by atoms with van der Waals surface area (Å²) in [4.78, 5) is 16.2. The van der Waals surface area contributed by atoms with Crippen molar-refractivity contribution in [1.82, 2.24) is 19.5 Å². The van der Waals surface area contributed by atoms with E-state index in [1.165, 1.54) is 37.4 Å². The summed E-state index contributed by atoms with van der Waals surface area (Å²) in [6.45, 7) is 0. The van der Waals surface area contributed by atoms with Crippen LogP contribution in [0.2, 0.25) is 0 Å². The van der Waals surface area contributed by atoms with Gasteiger partial charge in [-0.15, -0.1) is 0 Å². The van der Waals surface area contributed by atoms with E-state index >= 15 is 0 Å². The number of furan rings is 1. The zero-order chi connectivity index (χ0) is 45.7. The highest BCUT2D eigenvalue weighted by atomic mass is 28.3. The van der Waals surface area contributed by atoms with E-state index in [9.17, 15) is 0 Å². The molecule has 0 N–H and O–H groups in total. The Morgan fingerprint density at radius 1 is 0.406 bits per heavy atom. The number of rotatable bonds is 9. The van der Waals surface area contributed by atoms with Gasteiger partial charge in [0, 0.05) is 38.6 Å². The van der Waals surface area contributed by atoms with Crippen LogP contribution in [-0.2, 0) is 0 Å². The molecule has 0 bridgehead atoms. The first-order chi connectivity index (χ1) is 34.2. The molecule has 1 aliphatic carbocycles. The molecule has 6 heteroatoms. The van der Waals surface area contributed by atoms with Crippen LogP contribution < -0.4 is 20.7 Å². The minimum Gasteiger partial charge on any atom is -0.456 e. The number of para-hydroxylation sites is 3. The molecule has 69 heavy (non-hydrogen) atoms. The third-order valence-corrected chi connectivity index (χ3v) is 18.7. The molecule has 0 saturated heterocycles. The van der Waals surface area contributed by atoms with Crippen LogP contribution in [0.25, 0.3) is 83.6 Å².